The summed E-state index contributed by atoms with van der Waals surface area (Å²) in [6, 6.07) is 19.2. The van der Waals surface area contributed by atoms with E-state index >= 15 is 0 Å². The maximum Gasteiger partial charge on any atom is 0.416 e. The fraction of sp³-hybridized carbons (Fsp3) is 0.111. The lowest BCUT2D eigenvalue weighted by Crippen LogP contribution is -2.11. The molecule has 0 aromatic heterocycles. The second-order valence-electron chi connectivity index (χ2n) is 5.04. The van der Waals surface area contributed by atoms with Gasteiger partial charge in [0.05, 0.1) is 5.56 Å². The molecule has 0 aliphatic carbocycles. The number of fused-ring (bicyclic) bond motifs is 1. The highest BCUT2D eigenvalue weighted by Gasteiger charge is 2.32. The zero-order valence-electron chi connectivity index (χ0n) is 11.7. The van der Waals surface area contributed by atoms with Gasteiger partial charge in [-0.05, 0) is 23.1 Å². The van der Waals surface area contributed by atoms with E-state index in [-0.39, 0.29) is 12.1 Å². The van der Waals surface area contributed by atoms with Crippen molar-refractivity contribution in [2.24, 2.45) is 0 Å². The van der Waals surface area contributed by atoms with Crippen molar-refractivity contribution in [2.75, 3.05) is 5.32 Å². The second-order valence-corrected chi connectivity index (χ2v) is 5.04. The topological polar surface area (TPSA) is 12.0 Å². The van der Waals surface area contributed by atoms with Crippen LogP contribution in [0.5, 0.6) is 0 Å². The molecule has 1 N–H and O–H groups in total. The molecule has 112 valence electrons. The number of hydrogen-bond donors (Lipinski definition) is 1. The average molecular weight is 301 g/mol. The average Bonchev–Trinajstić information content (AvgIpc) is 2.52. The summed E-state index contributed by atoms with van der Waals surface area (Å²) in [6.45, 7) is 0.129. The number of halogens is 3. The van der Waals surface area contributed by atoms with Crippen molar-refractivity contribution in [3.63, 3.8) is 0 Å². The molecule has 0 aliphatic rings. The summed E-state index contributed by atoms with van der Waals surface area (Å²) in [5, 5.41) is 5.16. The van der Waals surface area contributed by atoms with Crippen LogP contribution in [-0.2, 0) is 12.7 Å². The maximum absolute atomic E-state index is 13.0. The Morgan fingerprint density at radius 3 is 2.27 bits per heavy atom. The molecule has 0 fully saturated rings. The molecule has 0 amide bonds. The van der Waals surface area contributed by atoms with Gasteiger partial charge in [-0.1, -0.05) is 54.6 Å². The Morgan fingerprint density at radius 2 is 1.45 bits per heavy atom. The van der Waals surface area contributed by atoms with Crippen molar-refractivity contribution < 1.29 is 13.2 Å². The van der Waals surface area contributed by atoms with Crippen LogP contribution < -0.4 is 5.32 Å². The number of hydrogen-bond acceptors (Lipinski definition) is 1. The summed E-state index contributed by atoms with van der Waals surface area (Å²) < 4.78 is 39.0. The van der Waals surface area contributed by atoms with Gasteiger partial charge in [0, 0.05) is 17.6 Å². The van der Waals surface area contributed by atoms with E-state index in [1.54, 1.807) is 6.07 Å². The molecule has 0 atom stereocenters. The monoisotopic (exact) mass is 301 g/mol. The first kappa shape index (κ1) is 14.4. The molecule has 0 unspecified atom stereocenters. The van der Waals surface area contributed by atoms with Crippen molar-refractivity contribution in [1.82, 2.24) is 0 Å². The Labute approximate surface area is 126 Å². The molecule has 0 bridgehead atoms. The van der Waals surface area contributed by atoms with Crippen molar-refractivity contribution in [1.29, 1.82) is 0 Å². The van der Waals surface area contributed by atoms with Crippen LogP contribution >= 0.6 is 0 Å². The summed E-state index contributed by atoms with van der Waals surface area (Å²) in [4.78, 5) is 0. The SMILES string of the molecule is FC(F)(F)c1ccccc1CNc1cccc2ccccc12. The van der Waals surface area contributed by atoms with Crippen LogP contribution in [0.3, 0.4) is 0 Å². The van der Waals surface area contributed by atoms with E-state index in [9.17, 15) is 13.2 Å². The molecule has 3 rings (SSSR count). The van der Waals surface area contributed by atoms with Gasteiger partial charge in [-0.3, -0.25) is 0 Å². The minimum Gasteiger partial charge on any atom is -0.380 e. The van der Waals surface area contributed by atoms with Gasteiger partial charge >= 0.3 is 6.18 Å². The molecule has 0 saturated heterocycles. The van der Waals surface area contributed by atoms with Crippen LogP contribution in [-0.4, -0.2) is 0 Å². The van der Waals surface area contributed by atoms with E-state index in [1.807, 2.05) is 42.5 Å². The highest BCUT2D eigenvalue weighted by Crippen LogP contribution is 2.32. The largest absolute Gasteiger partial charge is 0.416 e. The predicted molar refractivity (Wildman–Crippen MR) is 82.7 cm³/mol. The molecule has 3 aromatic rings. The van der Waals surface area contributed by atoms with Crippen molar-refractivity contribution >= 4 is 16.5 Å². The molecule has 0 heterocycles. The molecule has 0 aliphatic heterocycles. The van der Waals surface area contributed by atoms with Crippen LogP contribution in [0.25, 0.3) is 10.8 Å². The Morgan fingerprint density at radius 1 is 0.773 bits per heavy atom. The molecule has 22 heavy (non-hydrogen) atoms. The number of rotatable bonds is 3. The lowest BCUT2D eigenvalue weighted by atomic mass is 10.1. The molecule has 1 nitrogen and oxygen atoms in total. The smallest absolute Gasteiger partial charge is 0.380 e. The van der Waals surface area contributed by atoms with E-state index in [2.05, 4.69) is 5.32 Å². The third kappa shape index (κ3) is 2.91. The van der Waals surface area contributed by atoms with Crippen molar-refractivity contribution in [3.8, 4) is 0 Å². The minimum atomic E-state index is -4.34. The fourth-order valence-electron chi connectivity index (χ4n) is 2.52. The van der Waals surface area contributed by atoms with Gasteiger partial charge in [-0.15, -0.1) is 0 Å². The Bertz CT molecular complexity index is 788. The van der Waals surface area contributed by atoms with Gasteiger partial charge in [-0.2, -0.15) is 13.2 Å². The normalized spacial score (nSPS) is 11.6. The number of alkyl halides is 3. The Balaban J connectivity index is 1.89. The third-order valence-electron chi connectivity index (χ3n) is 3.58. The minimum absolute atomic E-state index is 0.129. The summed E-state index contributed by atoms with van der Waals surface area (Å²) in [7, 11) is 0. The molecule has 0 spiro atoms. The first-order valence-corrected chi connectivity index (χ1v) is 6.92. The zero-order chi connectivity index (χ0) is 15.6. The summed E-state index contributed by atoms with van der Waals surface area (Å²) in [5.41, 5.74) is 0.473. The maximum atomic E-state index is 13.0. The summed E-state index contributed by atoms with van der Waals surface area (Å²) >= 11 is 0. The lowest BCUT2D eigenvalue weighted by Gasteiger charge is -2.15. The molecule has 0 saturated carbocycles. The quantitative estimate of drug-likeness (QED) is 0.676. The highest BCUT2D eigenvalue weighted by molar-refractivity contribution is 5.93. The Kier molecular flexibility index (Phi) is 3.75. The third-order valence-corrected chi connectivity index (χ3v) is 3.58. The zero-order valence-corrected chi connectivity index (χ0v) is 11.7. The van der Waals surface area contributed by atoms with Crippen LogP contribution in [0, 0.1) is 0 Å². The standard InChI is InChI=1S/C18H14F3N/c19-18(20,21)16-10-4-2-7-14(16)12-22-17-11-5-8-13-6-1-3-9-15(13)17/h1-11,22H,12H2. The van der Waals surface area contributed by atoms with E-state index in [0.29, 0.717) is 0 Å². The first-order valence-electron chi connectivity index (χ1n) is 6.92. The number of benzene rings is 3. The number of anilines is 1. The van der Waals surface area contributed by atoms with Crippen LogP contribution in [0.2, 0.25) is 0 Å². The van der Waals surface area contributed by atoms with E-state index in [1.165, 1.54) is 12.1 Å². The number of nitrogens with one attached hydrogen (secondary N) is 1. The predicted octanol–water partition coefficient (Wildman–Crippen LogP) is 5.47. The van der Waals surface area contributed by atoms with Gasteiger partial charge in [0.25, 0.3) is 0 Å². The van der Waals surface area contributed by atoms with Gasteiger partial charge in [0.1, 0.15) is 0 Å². The van der Waals surface area contributed by atoms with E-state index < -0.39 is 11.7 Å². The van der Waals surface area contributed by atoms with Crippen LogP contribution in [0.4, 0.5) is 18.9 Å². The van der Waals surface area contributed by atoms with Gasteiger partial charge in [0.15, 0.2) is 0 Å². The molecule has 4 heteroatoms. The molecule has 3 aromatic carbocycles. The first-order chi connectivity index (χ1) is 10.6. The van der Waals surface area contributed by atoms with Crippen molar-refractivity contribution in [3.05, 3.63) is 77.9 Å². The molecular weight excluding hydrogens is 287 g/mol. The summed E-state index contributed by atoms with van der Waals surface area (Å²) in [5.74, 6) is 0. The van der Waals surface area contributed by atoms with Crippen molar-refractivity contribution in [2.45, 2.75) is 12.7 Å². The Hall–Kier alpha value is -2.49. The van der Waals surface area contributed by atoms with Gasteiger partial charge < -0.3 is 5.32 Å². The van der Waals surface area contributed by atoms with Gasteiger partial charge in [0.2, 0.25) is 0 Å². The fourth-order valence-corrected chi connectivity index (χ4v) is 2.52. The van der Waals surface area contributed by atoms with Gasteiger partial charge in [-0.25, -0.2) is 0 Å². The summed E-state index contributed by atoms with van der Waals surface area (Å²) in [6.07, 6.45) is -4.34. The van der Waals surface area contributed by atoms with E-state index in [4.69, 9.17) is 0 Å². The van der Waals surface area contributed by atoms with Crippen LogP contribution in [0.1, 0.15) is 11.1 Å². The molecule has 0 radical (unpaired) electrons. The lowest BCUT2D eigenvalue weighted by molar-refractivity contribution is -0.138. The van der Waals surface area contributed by atoms with Crippen LogP contribution in [0.15, 0.2) is 66.7 Å². The highest BCUT2D eigenvalue weighted by atomic mass is 19.4. The molecular formula is C18H14F3N. The second kappa shape index (κ2) is 5.72. The van der Waals surface area contributed by atoms with E-state index in [0.717, 1.165) is 22.5 Å².